The van der Waals surface area contributed by atoms with Gasteiger partial charge in [0.2, 0.25) is 0 Å². The Balaban J connectivity index is 2.02. The molecule has 84 valence electrons. The molecule has 0 saturated heterocycles. The van der Waals surface area contributed by atoms with E-state index in [1.54, 1.807) is 0 Å². The van der Waals surface area contributed by atoms with Crippen molar-refractivity contribution in [2.75, 3.05) is 19.7 Å². The van der Waals surface area contributed by atoms with Gasteiger partial charge in [0.1, 0.15) is 0 Å². The van der Waals surface area contributed by atoms with E-state index in [9.17, 15) is 0 Å². The summed E-state index contributed by atoms with van der Waals surface area (Å²) in [5.74, 6) is 0.922. The fraction of sp³-hybridized carbons (Fsp3) is 1.00. The lowest BCUT2D eigenvalue weighted by Crippen LogP contribution is -2.38. The predicted molar refractivity (Wildman–Crippen MR) is 58.8 cm³/mol. The van der Waals surface area contributed by atoms with Crippen molar-refractivity contribution in [1.82, 2.24) is 10.9 Å². The number of hydrogen-bond donors (Lipinski definition) is 3. The van der Waals surface area contributed by atoms with Crippen LogP contribution in [0.1, 0.15) is 39.5 Å². The van der Waals surface area contributed by atoms with E-state index in [0.717, 1.165) is 12.5 Å². The van der Waals surface area contributed by atoms with Gasteiger partial charge in [0.25, 0.3) is 0 Å². The Hall–Kier alpha value is -0.120. The van der Waals surface area contributed by atoms with Gasteiger partial charge in [-0.25, -0.2) is 0 Å². The summed E-state index contributed by atoms with van der Waals surface area (Å²) in [5, 5.41) is 8.58. The SMILES string of the molecule is CCCCC1C[C@]1(C)CNNCCO. The summed E-state index contributed by atoms with van der Waals surface area (Å²) < 4.78 is 0. The Kier molecular flexibility index (Phi) is 4.85. The van der Waals surface area contributed by atoms with E-state index in [1.165, 1.54) is 25.7 Å². The Morgan fingerprint density at radius 3 is 2.86 bits per heavy atom. The number of hydrazine groups is 1. The van der Waals surface area contributed by atoms with Crippen LogP contribution in [0.2, 0.25) is 0 Å². The van der Waals surface area contributed by atoms with E-state index in [-0.39, 0.29) is 6.61 Å². The second-order valence-corrected chi connectivity index (χ2v) is 4.70. The van der Waals surface area contributed by atoms with Gasteiger partial charge in [-0.3, -0.25) is 10.9 Å². The average molecular weight is 200 g/mol. The number of nitrogens with one attached hydrogen (secondary N) is 2. The molecule has 0 radical (unpaired) electrons. The summed E-state index contributed by atoms with van der Waals surface area (Å²) in [6.07, 6.45) is 5.42. The van der Waals surface area contributed by atoms with Gasteiger partial charge in [-0.2, -0.15) is 0 Å². The molecule has 0 aliphatic heterocycles. The van der Waals surface area contributed by atoms with Crippen molar-refractivity contribution < 1.29 is 5.11 Å². The molecule has 0 aromatic rings. The standard InChI is InChI=1S/C11H24N2O/c1-3-4-5-10-8-11(10,2)9-13-12-6-7-14/h10,12-14H,3-9H2,1-2H3/t10?,11-/m1/s1. The average Bonchev–Trinajstić information content (AvgIpc) is 2.82. The van der Waals surface area contributed by atoms with Gasteiger partial charge in [-0.15, -0.1) is 0 Å². The van der Waals surface area contributed by atoms with E-state index in [0.29, 0.717) is 12.0 Å². The molecule has 0 heterocycles. The van der Waals surface area contributed by atoms with Gasteiger partial charge >= 0.3 is 0 Å². The number of aliphatic hydroxyl groups is 1. The molecule has 1 fully saturated rings. The molecule has 3 nitrogen and oxygen atoms in total. The zero-order valence-corrected chi connectivity index (χ0v) is 9.47. The molecule has 0 bridgehead atoms. The summed E-state index contributed by atoms with van der Waals surface area (Å²) in [7, 11) is 0. The molecule has 1 unspecified atom stereocenters. The van der Waals surface area contributed by atoms with Gasteiger partial charge in [0.15, 0.2) is 0 Å². The molecular formula is C11H24N2O. The zero-order chi connectivity index (χ0) is 10.4. The van der Waals surface area contributed by atoms with Crippen molar-refractivity contribution in [1.29, 1.82) is 0 Å². The summed E-state index contributed by atoms with van der Waals surface area (Å²) >= 11 is 0. The van der Waals surface area contributed by atoms with Crippen LogP contribution in [0.4, 0.5) is 0 Å². The summed E-state index contributed by atoms with van der Waals surface area (Å²) in [5.41, 5.74) is 6.70. The number of unbranched alkanes of at least 4 members (excludes halogenated alkanes) is 1. The highest BCUT2D eigenvalue weighted by atomic mass is 16.3. The topological polar surface area (TPSA) is 44.3 Å². The van der Waals surface area contributed by atoms with Crippen LogP contribution in [0, 0.1) is 11.3 Å². The normalized spacial score (nSPS) is 30.6. The highest BCUT2D eigenvalue weighted by Gasteiger charge is 2.48. The second kappa shape index (κ2) is 5.69. The van der Waals surface area contributed by atoms with Gasteiger partial charge in [-0.1, -0.05) is 26.7 Å². The summed E-state index contributed by atoms with van der Waals surface area (Å²) in [6, 6.07) is 0. The lowest BCUT2D eigenvalue weighted by Gasteiger charge is -2.12. The maximum Gasteiger partial charge on any atom is 0.0569 e. The molecule has 1 aliphatic carbocycles. The van der Waals surface area contributed by atoms with Crippen LogP contribution in [0.3, 0.4) is 0 Å². The van der Waals surface area contributed by atoms with Crippen LogP contribution < -0.4 is 10.9 Å². The van der Waals surface area contributed by atoms with Crippen LogP contribution in [0.25, 0.3) is 0 Å². The Morgan fingerprint density at radius 2 is 2.21 bits per heavy atom. The third-order valence-corrected chi connectivity index (χ3v) is 3.30. The summed E-state index contributed by atoms with van der Waals surface area (Å²) in [4.78, 5) is 0. The van der Waals surface area contributed by atoms with Gasteiger partial charge < -0.3 is 5.11 Å². The fourth-order valence-corrected chi connectivity index (χ4v) is 2.03. The van der Waals surface area contributed by atoms with Crippen molar-refractivity contribution in [3.05, 3.63) is 0 Å². The number of rotatable bonds is 8. The molecule has 14 heavy (non-hydrogen) atoms. The Bertz CT molecular complexity index is 163. The minimum absolute atomic E-state index is 0.197. The molecule has 0 aromatic heterocycles. The van der Waals surface area contributed by atoms with Crippen molar-refractivity contribution in [2.45, 2.75) is 39.5 Å². The van der Waals surface area contributed by atoms with Crippen molar-refractivity contribution in [3.8, 4) is 0 Å². The third kappa shape index (κ3) is 3.56. The van der Waals surface area contributed by atoms with Gasteiger partial charge in [0, 0.05) is 13.1 Å². The minimum Gasteiger partial charge on any atom is -0.395 e. The number of aliphatic hydroxyl groups excluding tert-OH is 1. The van der Waals surface area contributed by atoms with Crippen LogP contribution in [0.15, 0.2) is 0 Å². The fourth-order valence-electron chi connectivity index (χ4n) is 2.03. The van der Waals surface area contributed by atoms with E-state index < -0.39 is 0 Å². The van der Waals surface area contributed by atoms with Crippen molar-refractivity contribution in [3.63, 3.8) is 0 Å². The van der Waals surface area contributed by atoms with Crippen LogP contribution in [0.5, 0.6) is 0 Å². The Labute approximate surface area is 87.2 Å². The summed E-state index contributed by atoms with van der Waals surface area (Å²) in [6.45, 7) is 6.46. The highest BCUT2D eigenvalue weighted by molar-refractivity contribution is 4.99. The quantitative estimate of drug-likeness (QED) is 0.408. The van der Waals surface area contributed by atoms with Crippen molar-refractivity contribution >= 4 is 0 Å². The molecule has 1 saturated carbocycles. The first-order valence-corrected chi connectivity index (χ1v) is 5.79. The first-order valence-electron chi connectivity index (χ1n) is 5.79. The predicted octanol–water partition coefficient (Wildman–Crippen LogP) is 1.29. The van der Waals surface area contributed by atoms with E-state index in [4.69, 9.17) is 5.11 Å². The molecule has 0 spiro atoms. The molecule has 1 rings (SSSR count). The first-order chi connectivity index (χ1) is 6.73. The van der Waals surface area contributed by atoms with Crippen LogP contribution in [-0.4, -0.2) is 24.8 Å². The van der Waals surface area contributed by atoms with Crippen LogP contribution in [-0.2, 0) is 0 Å². The molecule has 1 aliphatic rings. The largest absolute Gasteiger partial charge is 0.395 e. The lowest BCUT2D eigenvalue weighted by atomic mass is 10.0. The molecule has 0 aromatic carbocycles. The molecule has 3 N–H and O–H groups in total. The smallest absolute Gasteiger partial charge is 0.0569 e. The van der Waals surface area contributed by atoms with E-state index in [2.05, 4.69) is 24.7 Å². The third-order valence-electron chi connectivity index (χ3n) is 3.30. The minimum atomic E-state index is 0.197. The first kappa shape index (κ1) is 12.0. The monoisotopic (exact) mass is 200 g/mol. The second-order valence-electron chi connectivity index (χ2n) is 4.70. The van der Waals surface area contributed by atoms with E-state index >= 15 is 0 Å². The van der Waals surface area contributed by atoms with Crippen LogP contribution >= 0.6 is 0 Å². The maximum absolute atomic E-state index is 8.58. The zero-order valence-electron chi connectivity index (χ0n) is 9.47. The molecule has 0 amide bonds. The Morgan fingerprint density at radius 1 is 1.43 bits per heavy atom. The van der Waals surface area contributed by atoms with Gasteiger partial charge in [0.05, 0.1) is 6.61 Å². The number of hydrogen-bond acceptors (Lipinski definition) is 3. The maximum atomic E-state index is 8.58. The highest BCUT2D eigenvalue weighted by Crippen LogP contribution is 2.54. The molecule has 2 atom stereocenters. The van der Waals surface area contributed by atoms with Crippen molar-refractivity contribution in [2.24, 2.45) is 11.3 Å². The van der Waals surface area contributed by atoms with Gasteiger partial charge in [-0.05, 0) is 24.2 Å². The molecular weight excluding hydrogens is 176 g/mol. The lowest BCUT2D eigenvalue weighted by molar-refractivity contribution is 0.277. The van der Waals surface area contributed by atoms with E-state index in [1.807, 2.05) is 0 Å². The molecule has 3 heteroatoms.